The number of rotatable bonds is 3. The standard InChI is InChI=1S/C12H19N5O.ClH/c1-12(2)16-10(13)15-11(14)17(12)18-8-9-6-4-3-5-7-9;/h3-6,9H,7-8H2,1-2H3,(H4,13,14,15,16);1H. The smallest absolute Gasteiger partial charge is 0.224 e. The molecule has 1 aliphatic heterocycles. The lowest BCUT2D eigenvalue weighted by molar-refractivity contribution is -0.166. The Kier molecular flexibility index (Phi) is 4.97. The summed E-state index contributed by atoms with van der Waals surface area (Å²) >= 11 is 0. The molecule has 7 heteroatoms. The third kappa shape index (κ3) is 3.71. The number of halogens is 1. The Bertz CT molecular complexity index is 430. The van der Waals surface area contributed by atoms with Crippen LogP contribution in [0, 0.1) is 11.3 Å². The maximum atomic E-state index is 7.85. The molecule has 19 heavy (non-hydrogen) atoms. The number of guanidine groups is 2. The minimum absolute atomic E-state index is 0. The molecule has 0 amide bonds. The first-order valence-corrected chi connectivity index (χ1v) is 5.96. The SMILES string of the molecule is CC1(C)N=C(N)NC(=N)N1OCC1C=CC=CC1.Cl. The Labute approximate surface area is 119 Å². The number of allylic oxidation sites excluding steroid dienone is 3. The average molecular weight is 286 g/mol. The van der Waals surface area contributed by atoms with Crippen LogP contribution in [0.15, 0.2) is 29.3 Å². The Morgan fingerprint density at radius 2 is 2.32 bits per heavy atom. The van der Waals surface area contributed by atoms with Crippen LogP contribution < -0.4 is 11.1 Å². The fourth-order valence-electron chi connectivity index (χ4n) is 1.96. The van der Waals surface area contributed by atoms with Gasteiger partial charge in [-0.15, -0.1) is 12.4 Å². The average Bonchev–Trinajstić information content (AvgIpc) is 2.27. The molecule has 0 radical (unpaired) electrons. The molecule has 4 N–H and O–H groups in total. The van der Waals surface area contributed by atoms with Gasteiger partial charge in [0, 0.05) is 5.92 Å². The number of hydrogen-bond acceptors (Lipinski definition) is 4. The van der Waals surface area contributed by atoms with Crippen molar-refractivity contribution in [2.45, 2.75) is 25.9 Å². The monoisotopic (exact) mass is 285 g/mol. The fourth-order valence-corrected chi connectivity index (χ4v) is 1.96. The van der Waals surface area contributed by atoms with Gasteiger partial charge in [-0.05, 0) is 20.3 Å². The highest BCUT2D eigenvalue weighted by atomic mass is 35.5. The van der Waals surface area contributed by atoms with Crippen LogP contribution in [-0.4, -0.2) is 29.3 Å². The molecular weight excluding hydrogens is 266 g/mol. The van der Waals surface area contributed by atoms with E-state index in [2.05, 4.69) is 22.5 Å². The highest BCUT2D eigenvalue weighted by Crippen LogP contribution is 2.21. The summed E-state index contributed by atoms with van der Waals surface area (Å²) in [4.78, 5) is 9.92. The zero-order chi connectivity index (χ0) is 13.2. The van der Waals surface area contributed by atoms with E-state index < -0.39 is 5.66 Å². The molecule has 1 aliphatic carbocycles. The van der Waals surface area contributed by atoms with Crippen LogP contribution >= 0.6 is 12.4 Å². The van der Waals surface area contributed by atoms with Crippen molar-refractivity contribution < 1.29 is 4.84 Å². The summed E-state index contributed by atoms with van der Waals surface area (Å²) < 4.78 is 0. The molecule has 0 fully saturated rings. The van der Waals surface area contributed by atoms with Gasteiger partial charge in [-0.25, -0.2) is 4.99 Å². The van der Waals surface area contributed by atoms with Gasteiger partial charge >= 0.3 is 0 Å². The second-order valence-corrected chi connectivity index (χ2v) is 4.86. The number of nitrogens with zero attached hydrogens (tertiary/aromatic N) is 2. The molecule has 1 atom stereocenters. The normalized spacial score (nSPS) is 24.5. The fraction of sp³-hybridized carbons (Fsp3) is 0.500. The number of hydrogen-bond donors (Lipinski definition) is 3. The lowest BCUT2D eigenvalue weighted by Gasteiger charge is -2.39. The van der Waals surface area contributed by atoms with Gasteiger partial charge in [-0.3, -0.25) is 15.6 Å². The topological polar surface area (TPSA) is 86.7 Å². The van der Waals surface area contributed by atoms with Crippen molar-refractivity contribution in [1.82, 2.24) is 10.4 Å². The lowest BCUT2D eigenvalue weighted by Crippen LogP contribution is -2.59. The number of hydroxylamine groups is 2. The minimum atomic E-state index is -0.666. The van der Waals surface area contributed by atoms with E-state index >= 15 is 0 Å². The quantitative estimate of drug-likeness (QED) is 0.731. The van der Waals surface area contributed by atoms with Crippen LogP contribution in [0.5, 0.6) is 0 Å². The molecule has 2 aliphatic rings. The minimum Gasteiger partial charge on any atom is -0.370 e. The molecule has 1 heterocycles. The third-order valence-corrected chi connectivity index (χ3v) is 2.83. The summed E-state index contributed by atoms with van der Waals surface area (Å²) in [6.07, 6.45) is 9.20. The molecule has 0 aromatic heterocycles. The Morgan fingerprint density at radius 3 is 2.89 bits per heavy atom. The molecular formula is C12H20ClN5O. The summed E-state index contributed by atoms with van der Waals surface area (Å²) in [7, 11) is 0. The highest BCUT2D eigenvalue weighted by molar-refractivity contribution is 5.98. The van der Waals surface area contributed by atoms with E-state index in [1.165, 1.54) is 5.06 Å². The second-order valence-electron chi connectivity index (χ2n) is 4.86. The van der Waals surface area contributed by atoms with E-state index in [9.17, 15) is 0 Å². The van der Waals surface area contributed by atoms with E-state index in [1.54, 1.807) is 0 Å². The molecule has 2 rings (SSSR count). The summed E-state index contributed by atoms with van der Waals surface area (Å²) in [6.45, 7) is 4.22. The van der Waals surface area contributed by atoms with Gasteiger partial charge in [-0.2, -0.15) is 5.06 Å². The molecule has 0 bridgehead atoms. The number of aliphatic imine (C=N–C) groups is 1. The van der Waals surface area contributed by atoms with Gasteiger partial charge in [-0.1, -0.05) is 24.3 Å². The number of nitrogens with one attached hydrogen (secondary N) is 2. The molecule has 0 aromatic rings. The summed E-state index contributed by atoms with van der Waals surface area (Å²) in [5, 5.41) is 12.0. The Morgan fingerprint density at radius 1 is 1.58 bits per heavy atom. The van der Waals surface area contributed by atoms with Crippen molar-refractivity contribution in [3.63, 3.8) is 0 Å². The third-order valence-electron chi connectivity index (χ3n) is 2.83. The van der Waals surface area contributed by atoms with Crippen molar-refractivity contribution in [3.05, 3.63) is 24.3 Å². The number of nitrogens with two attached hydrogens (primary N) is 1. The highest BCUT2D eigenvalue weighted by Gasteiger charge is 2.34. The van der Waals surface area contributed by atoms with Gasteiger partial charge in [0.2, 0.25) is 5.96 Å². The van der Waals surface area contributed by atoms with Crippen molar-refractivity contribution in [3.8, 4) is 0 Å². The maximum absolute atomic E-state index is 7.85. The molecule has 0 aromatic carbocycles. The van der Waals surface area contributed by atoms with E-state index in [0.717, 1.165) is 6.42 Å². The molecule has 6 nitrogen and oxygen atoms in total. The van der Waals surface area contributed by atoms with Crippen molar-refractivity contribution >= 4 is 24.3 Å². The zero-order valence-electron chi connectivity index (χ0n) is 11.1. The zero-order valence-corrected chi connectivity index (χ0v) is 11.9. The summed E-state index contributed by atoms with van der Waals surface area (Å²) in [5.41, 5.74) is 4.93. The van der Waals surface area contributed by atoms with Crippen molar-refractivity contribution in [2.75, 3.05) is 6.61 Å². The van der Waals surface area contributed by atoms with Crippen molar-refractivity contribution in [2.24, 2.45) is 16.6 Å². The first-order chi connectivity index (χ1) is 8.49. The molecule has 0 spiro atoms. The van der Waals surface area contributed by atoms with E-state index in [1.807, 2.05) is 26.0 Å². The Hall–Kier alpha value is -1.53. The summed E-state index contributed by atoms with van der Waals surface area (Å²) in [5.74, 6) is 0.690. The van der Waals surface area contributed by atoms with E-state index in [0.29, 0.717) is 12.5 Å². The van der Waals surface area contributed by atoms with Crippen molar-refractivity contribution in [1.29, 1.82) is 5.41 Å². The first kappa shape index (κ1) is 15.5. The van der Waals surface area contributed by atoms with Gasteiger partial charge in [0.1, 0.15) is 0 Å². The van der Waals surface area contributed by atoms with Crippen LogP contribution in [0.2, 0.25) is 0 Å². The predicted octanol–water partition coefficient (Wildman–Crippen LogP) is 1.36. The molecule has 1 unspecified atom stereocenters. The van der Waals surface area contributed by atoms with E-state index in [-0.39, 0.29) is 24.3 Å². The predicted molar refractivity (Wildman–Crippen MR) is 78.0 cm³/mol. The Balaban J connectivity index is 0.00000180. The van der Waals surface area contributed by atoms with Gasteiger partial charge in [0.05, 0.1) is 6.61 Å². The summed E-state index contributed by atoms with van der Waals surface area (Å²) in [6, 6.07) is 0. The molecule has 106 valence electrons. The lowest BCUT2D eigenvalue weighted by atomic mass is 10.0. The second kappa shape index (κ2) is 6.08. The van der Waals surface area contributed by atoms with Crippen LogP contribution in [0.1, 0.15) is 20.3 Å². The van der Waals surface area contributed by atoms with Gasteiger partial charge in [0.15, 0.2) is 11.6 Å². The van der Waals surface area contributed by atoms with Crippen LogP contribution in [0.4, 0.5) is 0 Å². The van der Waals surface area contributed by atoms with Crippen LogP contribution in [0.3, 0.4) is 0 Å². The first-order valence-electron chi connectivity index (χ1n) is 5.96. The van der Waals surface area contributed by atoms with Crippen LogP contribution in [0.25, 0.3) is 0 Å². The van der Waals surface area contributed by atoms with Gasteiger partial charge in [0.25, 0.3) is 0 Å². The molecule has 0 saturated carbocycles. The van der Waals surface area contributed by atoms with E-state index in [4.69, 9.17) is 16.0 Å². The largest absolute Gasteiger partial charge is 0.370 e. The molecule has 0 saturated heterocycles. The maximum Gasteiger partial charge on any atom is 0.224 e. The van der Waals surface area contributed by atoms with Crippen LogP contribution in [-0.2, 0) is 4.84 Å². The van der Waals surface area contributed by atoms with Gasteiger partial charge < -0.3 is 5.73 Å².